The van der Waals surface area contributed by atoms with Crippen LogP contribution in [0.1, 0.15) is 55.6 Å². The van der Waals surface area contributed by atoms with Crippen LogP contribution in [0.15, 0.2) is 409 Å². The standard InChI is InChI=1S/C98H68N2S2/c1-3-67-31-53-85(54-32-67)101-87-57-43-75(44-58-87)97(77-41-35-69-19-11-13-21-73(69)63-77)93-29-17-15-27-89(93)91-61-51-83(65-95(91)97)99(79-23-7-5-8-24-79)81-47-37-71(38-48-81)72-39-49-82(50-40-72)100(80-25-9-6-10-26-80)84-52-62-92-90-28-16-18-30-94(90)98(96(92)66-84,78-42-36-70-20-12-14-22-74(70)64-78)76-45-59-88(60-46-76)102-86-55-33-68(4-2)34-56-86/h3-66H,1-2H2. The highest BCUT2D eigenvalue weighted by Gasteiger charge is 2.48. The van der Waals surface area contributed by atoms with Gasteiger partial charge < -0.3 is 9.80 Å². The normalized spacial score (nSPS) is 14.7. The summed E-state index contributed by atoms with van der Waals surface area (Å²) in [5.74, 6) is 0. The molecule has 102 heavy (non-hydrogen) atoms. The molecule has 0 aliphatic heterocycles. The second-order valence-electron chi connectivity index (χ2n) is 26.4. The number of fused-ring (bicyclic) bond motifs is 8. The summed E-state index contributed by atoms with van der Waals surface area (Å²) >= 11 is 3.57. The molecule has 0 saturated heterocycles. The van der Waals surface area contributed by atoms with Crippen molar-refractivity contribution in [1.29, 1.82) is 0 Å². The molecule has 2 unspecified atom stereocenters. The third-order valence-corrected chi connectivity index (χ3v) is 22.9. The lowest BCUT2D eigenvalue weighted by atomic mass is 9.67. The topological polar surface area (TPSA) is 6.48 Å². The molecule has 4 heteroatoms. The van der Waals surface area contributed by atoms with E-state index in [4.69, 9.17) is 0 Å². The summed E-state index contributed by atoms with van der Waals surface area (Å²) in [6.07, 6.45) is 3.79. The second-order valence-corrected chi connectivity index (χ2v) is 28.7. The van der Waals surface area contributed by atoms with Crippen molar-refractivity contribution in [3.05, 3.63) is 445 Å². The largest absolute Gasteiger partial charge is 0.310 e. The van der Waals surface area contributed by atoms with Gasteiger partial charge in [-0.25, -0.2) is 0 Å². The van der Waals surface area contributed by atoms with Crippen molar-refractivity contribution in [1.82, 2.24) is 0 Å². The van der Waals surface area contributed by atoms with Crippen molar-refractivity contribution in [2.45, 2.75) is 30.4 Å². The number of nitrogens with zero attached hydrogens (tertiary/aromatic N) is 2. The Kier molecular flexibility index (Phi) is 15.9. The lowest BCUT2D eigenvalue weighted by molar-refractivity contribution is 0.768. The van der Waals surface area contributed by atoms with Crippen LogP contribution in [0.2, 0.25) is 0 Å². The van der Waals surface area contributed by atoms with Crippen LogP contribution in [0.5, 0.6) is 0 Å². The predicted octanol–water partition coefficient (Wildman–Crippen LogP) is 26.9. The fourth-order valence-electron chi connectivity index (χ4n) is 16.1. The van der Waals surface area contributed by atoms with E-state index in [9.17, 15) is 0 Å². The molecule has 2 aliphatic carbocycles. The first-order valence-electron chi connectivity index (χ1n) is 34.8. The fraction of sp³-hybridized carbons (Fsp3) is 0.0204. The lowest BCUT2D eigenvalue weighted by Crippen LogP contribution is -2.29. The first-order chi connectivity index (χ1) is 50.4. The Labute approximate surface area is 605 Å². The molecule has 2 aliphatic rings. The smallest absolute Gasteiger partial charge is 0.0714 e. The monoisotopic (exact) mass is 1340 g/mol. The van der Waals surface area contributed by atoms with E-state index in [1.165, 1.54) is 108 Å². The van der Waals surface area contributed by atoms with Gasteiger partial charge >= 0.3 is 0 Å². The minimum Gasteiger partial charge on any atom is -0.310 e. The van der Waals surface area contributed by atoms with Gasteiger partial charge in [-0.2, -0.15) is 0 Å². The summed E-state index contributed by atoms with van der Waals surface area (Å²) in [7, 11) is 0. The average Bonchev–Trinajstić information content (AvgIpc) is 1.53. The molecule has 0 spiro atoms. The van der Waals surface area contributed by atoms with Gasteiger partial charge in [0.15, 0.2) is 0 Å². The Morgan fingerprint density at radius 2 is 0.529 bits per heavy atom. The Morgan fingerprint density at radius 1 is 0.225 bits per heavy atom. The molecule has 0 bridgehead atoms. The quantitative estimate of drug-likeness (QED) is 0.0896. The minimum absolute atomic E-state index is 0.642. The summed E-state index contributed by atoms with van der Waals surface area (Å²) < 4.78 is 0. The van der Waals surface area contributed by atoms with Gasteiger partial charge in [-0.3, -0.25) is 0 Å². The van der Waals surface area contributed by atoms with E-state index in [1.807, 2.05) is 12.2 Å². The van der Waals surface area contributed by atoms with Crippen LogP contribution in [0.3, 0.4) is 0 Å². The SMILES string of the molecule is C=Cc1ccc(Sc2ccc(C3(c4ccc5ccccc5c4)c4ccccc4-c4ccc(N(c5ccccc5)c5ccc(-c6ccc(N(c7ccccc7)c7ccc8c(c7)C(c7ccc(Sc9ccc(C=C)cc9)cc7)(c7ccc9ccccc9c7)c7ccccc7-8)cc6)cc5)cc43)cc2)cc1. The van der Waals surface area contributed by atoms with E-state index < -0.39 is 10.8 Å². The first-order valence-corrected chi connectivity index (χ1v) is 36.4. The van der Waals surface area contributed by atoms with Crippen LogP contribution in [-0.2, 0) is 10.8 Å². The highest BCUT2D eigenvalue weighted by Crippen LogP contribution is 2.60. The van der Waals surface area contributed by atoms with E-state index in [1.54, 1.807) is 23.5 Å². The molecule has 482 valence electrons. The molecule has 0 aromatic heterocycles. The number of hydrogen-bond donors (Lipinski definition) is 0. The van der Waals surface area contributed by atoms with Gasteiger partial charge in [0, 0.05) is 53.7 Å². The number of rotatable bonds is 17. The highest BCUT2D eigenvalue weighted by atomic mass is 32.2. The summed E-state index contributed by atoms with van der Waals surface area (Å²) in [6, 6.07) is 140. The molecule has 0 radical (unpaired) electrons. The third-order valence-electron chi connectivity index (χ3n) is 20.8. The van der Waals surface area contributed by atoms with E-state index >= 15 is 0 Å². The fourth-order valence-corrected chi connectivity index (χ4v) is 17.7. The summed E-state index contributed by atoms with van der Waals surface area (Å²) in [5.41, 5.74) is 24.6. The zero-order chi connectivity index (χ0) is 68.1. The molecular weight excluding hydrogens is 1270 g/mol. The number of anilines is 6. The molecule has 0 N–H and O–H groups in total. The first kappa shape index (κ1) is 62.1. The van der Waals surface area contributed by atoms with Gasteiger partial charge in [0.05, 0.1) is 10.8 Å². The van der Waals surface area contributed by atoms with Crippen molar-refractivity contribution >= 4 is 91.3 Å². The Balaban J connectivity index is 0.714. The molecule has 0 heterocycles. The van der Waals surface area contributed by atoms with Crippen LogP contribution < -0.4 is 9.80 Å². The molecule has 2 atom stereocenters. The maximum atomic E-state index is 3.97. The summed E-state index contributed by atoms with van der Waals surface area (Å²) in [5, 5.41) is 4.87. The summed E-state index contributed by atoms with van der Waals surface area (Å²) in [4.78, 5) is 9.59. The molecule has 0 saturated carbocycles. The van der Waals surface area contributed by atoms with E-state index in [0.29, 0.717) is 0 Å². The van der Waals surface area contributed by atoms with Gasteiger partial charge in [-0.1, -0.05) is 291 Å². The Bertz CT molecular complexity index is 5470. The van der Waals surface area contributed by atoms with E-state index in [0.717, 1.165) is 56.4 Å². The highest BCUT2D eigenvalue weighted by molar-refractivity contribution is 7.99. The maximum absolute atomic E-state index is 3.97. The number of para-hydroxylation sites is 2. The molecule has 2 nitrogen and oxygen atoms in total. The molecular formula is C98H68N2S2. The van der Waals surface area contributed by atoms with Crippen molar-refractivity contribution in [2.75, 3.05) is 9.80 Å². The Hall–Kier alpha value is -12.2. The Morgan fingerprint density at radius 3 is 0.912 bits per heavy atom. The van der Waals surface area contributed by atoms with Crippen LogP contribution in [0.4, 0.5) is 34.1 Å². The van der Waals surface area contributed by atoms with Crippen molar-refractivity contribution in [3.63, 3.8) is 0 Å². The van der Waals surface area contributed by atoms with E-state index in [-0.39, 0.29) is 0 Å². The zero-order valence-corrected chi connectivity index (χ0v) is 57.7. The predicted molar refractivity (Wildman–Crippen MR) is 432 cm³/mol. The van der Waals surface area contributed by atoms with Crippen LogP contribution in [0.25, 0.3) is 67.1 Å². The van der Waals surface area contributed by atoms with Gasteiger partial charge in [0.1, 0.15) is 0 Å². The van der Waals surface area contributed by atoms with Gasteiger partial charge in [0.25, 0.3) is 0 Å². The van der Waals surface area contributed by atoms with Crippen LogP contribution in [0, 0.1) is 0 Å². The molecule has 18 rings (SSSR count). The van der Waals surface area contributed by atoms with Crippen molar-refractivity contribution < 1.29 is 0 Å². The molecule has 0 fully saturated rings. The molecule has 16 aromatic rings. The maximum Gasteiger partial charge on any atom is 0.0714 e. The van der Waals surface area contributed by atoms with E-state index in [2.05, 4.69) is 399 Å². The molecule has 0 amide bonds. The average molecular weight is 1340 g/mol. The van der Waals surface area contributed by atoms with Crippen LogP contribution >= 0.6 is 23.5 Å². The number of hydrogen-bond acceptors (Lipinski definition) is 4. The zero-order valence-electron chi connectivity index (χ0n) is 56.1. The van der Waals surface area contributed by atoms with Gasteiger partial charge in [0.2, 0.25) is 0 Å². The van der Waals surface area contributed by atoms with Crippen LogP contribution in [-0.4, -0.2) is 0 Å². The number of benzene rings is 16. The van der Waals surface area contributed by atoms with Crippen molar-refractivity contribution in [3.8, 4) is 33.4 Å². The second kappa shape index (κ2) is 26.2. The molecule has 16 aromatic carbocycles. The van der Waals surface area contributed by atoms with Gasteiger partial charge in [-0.05, 0) is 244 Å². The van der Waals surface area contributed by atoms with Crippen molar-refractivity contribution in [2.24, 2.45) is 0 Å². The lowest BCUT2D eigenvalue weighted by Gasteiger charge is -2.35. The third kappa shape index (κ3) is 10.8. The van der Waals surface area contributed by atoms with Gasteiger partial charge in [-0.15, -0.1) is 0 Å². The minimum atomic E-state index is -0.642. The summed E-state index contributed by atoms with van der Waals surface area (Å²) in [6.45, 7) is 7.95.